The summed E-state index contributed by atoms with van der Waals surface area (Å²) >= 11 is 5.11. The topological polar surface area (TPSA) is 29.1 Å². The minimum absolute atomic E-state index is 0.0228. The van der Waals surface area contributed by atoms with Gasteiger partial charge in [-0.1, -0.05) is 12.6 Å². The molecule has 1 amide bonds. The minimum Gasteiger partial charge on any atom is -0.352 e. The standard InChI is InChI=1S/C7H14NOS/c1-5(7(3,4)10)8-6(2)9/h5H,1-4H3,(H,8,9)/t5-/m0/s1. The van der Waals surface area contributed by atoms with Crippen molar-refractivity contribution in [3.8, 4) is 0 Å². The summed E-state index contributed by atoms with van der Waals surface area (Å²) in [6.45, 7) is 7.25. The van der Waals surface area contributed by atoms with E-state index < -0.39 is 0 Å². The van der Waals surface area contributed by atoms with Crippen LogP contribution in [-0.4, -0.2) is 16.7 Å². The zero-order valence-corrected chi connectivity index (χ0v) is 7.71. The third-order valence-electron chi connectivity index (χ3n) is 1.46. The molecule has 10 heavy (non-hydrogen) atoms. The number of amides is 1. The summed E-state index contributed by atoms with van der Waals surface area (Å²) in [6, 6.07) is 0.0556. The highest BCUT2D eigenvalue weighted by atomic mass is 32.1. The SMILES string of the molecule is CC(=O)N[C@@H](C)C(C)(C)[S]. The van der Waals surface area contributed by atoms with E-state index in [0.29, 0.717) is 0 Å². The van der Waals surface area contributed by atoms with Crippen molar-refractivity contribution in [2.24, 2.45) is 0 Å². The van der Waals surface area contributed by atoms with E-state index in [1.54, 1.807) is 0 Å². The van der Waals surface area contributed by atoms with E-state index in [9.17, 15) is 4.79 Å². The van der Waals surface area contributed by atoms with Gasteiger partial charge in [0.05, 0.1) is 0 Å². The van der Waals surface area contributed by atoms with E-state index in [2.05, 4.69) is 5.32 Å². The van der Waals surface area contributed by atoms with Crippen LogP contribution in [0.5, 0.6) is 0 Å². The van der Waals surface area contributed by atoms with Crippen LogP contribution in [0.15, 0.2) is 0 Å². The van der Waals surface area contributed by atoms with Gasteiger partial charge in [0, 0.05) is 17.7 Å². The van der Waals surface area contributed by atoms with Gasteiger partial charge in [0.15, 0.2) is 0 Å². The second-order valence-corrected chi connectivity index (χ2v) is 4.08. The number of carbonyl (C=O) groups is 1. The van der Waals surface area contributed by atoms with Crippen molar-refractivity contribution >= 4 is 18.5 Å². The molecule has 0 spiro atoms. The lowest BCUT2D eigenvalue weighted by molar-refractivity contribution is -0.119. The Morgan fingerprint density at radius 3 is 2.10 bits per heavy atom. The van der Waals surface area contributed by atoms with E-state index in [4.69, 9.17) is 12.6 Å². The van der Waals surface area contributed by atoms with Gasteiger partial charge in [-0.3, -0.25) is 4.79 Å². The van der Waals surface area contributed by atoms with Crippen LogP contribution in [0, 0.1) is 0 Å². The van der Waals surface area contributed by atoms with Gasteiger partial charge in [-0.15, -0.1) is 0 Å². The van der Waals surface area contributed by atoms with Crippen LogP contribution in [0.2, 0.25) is 0 Å². The van der Waals surface area contributed by atoms with Crippen LogP contribution in [0.4, 0.5) is 0 Å². The minimum atomic E-state index is -0.258. The van der Waals surface area contributed by atoms with Crippen LogP contribution in [-0.2, 0) is 4.79 Å². The molecular weight excluding hydrogens is 146 g/mol. The monoisotopic (exact) mass is 160 g/mol. The predicted octanol–water partition coefficient (Wildman–Crippen LogP) is 1.49. The largest absolute Gasteiger partial charge is 0.352 e. The first kappa shape index (κ1) is 9.82. The van der Waals surface area contributed by atoms with Gasteiger partial charge in [0.1, 0.15) is 0 Å². The maximum Gasteiger partial charge on any atom is 0.217 e. The fourth-order valence-electron chi connectivity index (χ4n) is 0.479. The van der Waals surface area contributed by atoms with E-state index in [0.717, 1.165) is 0 Å². The van der Waals surface area contributed by atoms with E-state index in [1.165, 1.54) is 6.92 Å². The van der Waals surface area contributed by atoms with Crippen LogP contribution >= 0.6 is 12.6 Å². The Morgan fingerprint density at radius 2 is 2.00 bits per heavy atom. The molecule has 59 valence electrons. The second-order valence-electron chi connectivity index (χ2n) is 3.03. The maximum atomic E-state index is 10.5. The zero-order chi connectivity index (χ0) is 8.36. The first-order chi connectivity index (χ1) is 4.34. The van der Waals surface area contributed by atoms with Crippen molar-refractivity contribution in [1.82, 2.24) is 5.32 Å². The molecule has 2 nitrogen and oxygen atoms in total. The van der Waals surface area contributed by atoms with Gasteiger partial charge in [0.25, 0.3) is 0 Å². The lowest BCUT2D eigenvalue weighted by Crippen LogP contribution is -2.43. The molecule has 0 aromatic heterocycles. The van der Waals surface area contributed by atoms with Crippen LogP contribution in [0.25, 0.3) is 0 Å². The van der Waals surface area contributed by atoms with Crippen LogP contribution in [0.1, 0.15) is 27.7 Å². The molecule has 1 N–H and O–H groups in total. The van der Waals surface area contributed by atoms with Crippen LogP contribution < -0.4 is 5.32 Å². The highest BCUT2D eigenvalue weighted by molar-refractivity contribution is 7.81. The summed E-state index contributed by atoms with van der Waals surface area (Å²) in [7, 11) is 0. The average Bonchev–Trinajstić information content (AvgIpc) is 1.60. The van der Waals surface area contributed by atoms with E-state index in [1.807, 2.05) is 20.8 Å². The van der Waals surface area contributed by atoms with Crippen molar-refractivity contribution in [2.45, 2.75) is 38.5 Å². The summed E-state index contributed by atoms with van der Waals surface area (Å²) in [5, 5.41) is 2.74. The maximum absolute atomic E-state index is 10.5. The Labute approximate surface area is 67.8 Å². The molecule has 0 rings (SSSR count). The Kier molecular flexibility index (Phi) is 3.22. The van der Waals surface area contributed by atoms with Gasteiger partial charge < -0.3 is 5.32 Å². The summed E-state index contributed by atoms with van der Waals surface area (Å²) in [5.41, 5.74) is 0. The van der Waals surface area contributed by atoms with E-state index in [-0.39, 0.29) is 16.7 Å². The molecule has 0 aromatic rings. The van der Waals surface area contributed by atoms with Crippen molar-refractivity contribution in [1.29, 1.82) is 0 Å². The summed E-state index contributed by atoms with van der Waals surface area (Å²) < 4.78 is -0.258. The van der Waals surface area contributed by atoms with Gasteiger partial charge >= 0.3 is 0 Å². The predicted molar refractivity (Wildman–Crippen MR) is 44.9 cm³/mol. The van der Waals surface area contributed by atoms with Gasteiger partial charge in [-0.2, -0.15) is 0 Å². The third-order valence-corrected chi connectivity index (χ3v) is 1.82. The fraction of sp³-hybridized carbons (Fsp3) is 0.857. The highest BCUT2D eigenvalue weighted by Crippen LogP contribution is 2.16. The number of carbonyl (C=O) groups excluding carboxylic acids is 1. The molecule has 0 heterocycles. The van der Waals surface area contributed by atoms with Gasteiger partial charge in [-0.05, 0) is 20.8 Å². The smallest absolute Gasteiger partial charge is 0.217 e. The molecule has 0 aliphatic heterocycles. The van der Waals surface area contributed by atoms with Gasteiger partial charge in [-0.25, -0.2) is 0 Å². The number of rotatable bonds is 2. The fourth-order valence-corrected chi connectivity index (χ4v) is 0.538. The molecule has 0 unspecified atom stereocenters. The quantitative estimate of drug-likeness (QED) is 0.651. The average molecular weight is 160 g/mol. The van der Waals surface area contributed by atoms with Crippen molar-refractivity contribution in [3.63, 3.8) is 0 Å². The molecule has 0 aliphatic rings. The number of nitrogens with one attached hydrogen (secondary N) is 1. The molecule has 1 atom stereocenters. The van der Waals surface area contributed by atoms with Crippen molar-refractivity contribution in [3.05, 3.63) is 0 Å². The summed E-state index contributed by atoms with van der Waals surface area (Å²) in [5.74, 6) is -0.0228. The Bertz CT molecular complexity index is 128. The zero-order valence-electron chi connectivity index (χ0n) is 6.89. The Balaban J connectivity index is 3.85. The first-order valence-corrected chi connectivity index (χ1v) is 3.72. The molecule has 0 saturated carbocycles. The number of hydrogen-bond donors (Lipinski definition) is 1. The first-order valence-electron chi connectivity index (χ1n) is 3.31. The molecule has 0 fully saturated rings. The van der Waals surface area contributed by atoms with E-state index >= 15 is 0 Å². The Morgan fingerprint density at radius 1 is 1.60 bits per heavy atom. The normalized spacial score (nSPS) is 14.5. The third kappa shape index (κ3) is 3.77. The van der Waals surface area contributed by atoms with Crippen LogP contribution in [0.3, 0.4) is 0 Å². The molecule has 1 radical (unpaired) electrons. The molecule has 0 aromatic carbocycles. The Hall–Kier alpha value is -0.180. The second kappa shape index (κ2) is 3.28. The molecule has 0 bridgehead atoms. The summed E-state index contributed by atoms with van der Waals surface area (Å²) in [4.78, 5) is 10.5. The summed E-state index contributed by atoms with van der Waals surface area (Å²) in [6.07, 6.45) is 0. The highest BCUT2D eigenvalue weighted by Gasteiger charge is 2.22. The molecule has 3 heteroatoms. The van der Waals surface area contributed by atoms with Crippen molar-refractivity contribution < 1.29 is 4.79 Å². The number of hydrogen-bond acceptors (Lipinski definition) is 1. The molecular formula is C7H14NOS. The van der Waals surface area contributed by atoms with Crippen molar-refractivity contribution in [2.75, 3.05) is 0 Å². The van der Waals surface area contributed by atoms with Gasteiger partial charge in [0.2, 0.25) is 5.91 Å². The lowest BCUT2D eigenvalue weighted by Gasteiger charge is -2.25. The molecule has 0 saturated heterocycles. The lowest BCUT2D eigenvalue weighted by atomic mass is 10.1. The molecule has 0 aliphatic carbocycles.